The van der Waals surface area contributed by atoms with Crippen LogP contribution in [0.3, 0.4) is 0 Å². The smallest absolute Gasteiger partial charge is 0.360 e. The van der Waals surface area contributed by atoms with Crippen molar-refractivity contribution in [3.05, 3.63) is 47.7 Å². The summed E-state index contributed by atoms with van der Waals surface area (Å²) in [6.07, 6.45) is 1.22. The molecule has 0 aliphatic carbocycles. The third-order valence-corrected chi connectivity index (χ3v) is 3.63. The van der Waals surface area contributed by atoms with Crippen LogP contribution in [0.1, 0.15) is 47.5 Å². The molecule has 2 aromatic rings. The van der Waals surface area contributed by atoms with E-state index >= 15 is 0 Å². The molecule has 0 spiro atoms. The van der Waals surface area contributed by atoms with Gasteiger partial charge in [0.15, 0.2) is 5.69 Å². The van der Waals surface area contributed by atoms with E-state index in [2.05, 4.69) is 9.72 Å². The van der Waals surface area contributed by atoms with Gasteiger partial charge in [-0.3, -0.25) is 4.79 Å². The zero-order valence-corrected chi connectivity index (χ0v) is 15.0. The van der Waals surface area contributed by atoms with Crippen LogP contribution in [-0.4, -0.2) is 41.5 Å². The normalized spacial score (nSPS) is 11.1. The number of ether oxygens (including phenoxy) is 2. The summed E-state index contributed by atoms with van der Waals surface area (Å²) in [5.74, 6) is 0.179. The molecule has 1 amide bonds. The van der Waals surface area contributed by atoms with Gasteiger partial charge in [-0.15, -0.1) is 0 Å². The third kappa shape index (κ3) is 4.37. The quantitative estimate of drug-likeness (QED) is 0.774. The maximum absolute atomic E-state index is 12.9. The van der Waals surface area contributed by atoms with Crippen molar-refractivity contribution < 1.29 is 23.5 Å². The molecule has 0 unspecified atom stereocenters. The molecule has 0 aliphatic rings. The van der Waals surface area contributed by atoms with Crippen molar-refractivity contribution in [1.82, 2.24) is 9.88 Å². The molecule has 7 heteroatoms. The molecule has 0 atom stereocenters. The highest BCUT2D eigenvalue weighted by atomic mass is 16.5. The molecule has 2 rings (SSSR count). The second-order valence-electron chi connectivity index (χ2n) is 6.41. The summed E-state index contributed by atoms with van der Waals surface area (Å²) in [6.45, 7) is 5.88. The summed E-state index contributed by atoms with van der Waals surface area (Å²) < 4.78 is 15.0. The minimum Gasteiger partial charge on any atom is -0.497 e. The van der Waals surface area contributed by atoms with Gasteiger partial charge in [0.05, 0.1) is 20.8 Å². The van der Waals surface area contributed by atoms with E-state index in [1.807, 2.05) is 20.8 Å². The first kappa shape index (κ1) is 18.5. The Balaban J connectivity index is 2.25. The Bertz CT molecular complexity index is 744. The van der Waals surface area contributed by atoms with E-state index in [1.54, 1.807) is 36.3 Å². The Hall–Kier alpha value is -2.83. The van der Waals surface area contributed by atoms with Crippen molar-refractivity contribution >= 4 is 11.9 Å². The monoisotopic (exact) mass is 346 g/mol. The Labute approximate surface area is 146 Å². The molecular formula is C18H22N2O5. The Kier molecular flexibility index (Phi) is 5.46. The highest BCUT2D eigenvalue weighted by Crippen LogP contribution is 2.22. The van der Waals surface area contributed by atoms with Gasteiger partial charge in [-0.2, -0.15) is 0 Å². The Morgan fingerprint density at radius 1 is 1.16 bits per heavy atom. The Morgan fingerprint density at radius 2 is 1.80 bits per heavy atom. The number of carbonyl (C=O) groups is 2. The van der Waals surface area contributed by atoms with Crippen molar-refractivity contribution in [2.45, 2.75) is 32.9 Å². The topological polar surface area (TPSA) is 81.9 Å². The second kappa shape index (κ2) is 7.38. The lowest BCUT2D eigenvalue weighted by Crippen LogP contribution is -2.45. The molecule has 0 radical (unpaired) electrons. The summed E-state index contributed by atoms with van der Waals surface area (Å²) in [7, 11) is 2.84. The summed E-state index contributed by atoms with van der Waals surface area (Å²) >= 11 is 0. The van der Waals surface area contributed by atoms with Gasteiger partial charge in [0, 0.05) is 11.1 Å². The first-order valence-corrected chi connectivity index (χ1v) is 7.75. The average molecular weight is 346 g/mol. The van der Waals surface area contributed by atoms with Gasteiger partial charge in [-0.25, -0.2) is 9.78 Å². The average Bonchev–Trinajstić information content (AvgIpc) is 3.06. The van der Waals surface area contributed by atoms with Crippen molar-refractivity contribution in [2.75, 3.05) is 14.2 Å². The maximum Gasteiger partial charge on any atom is 0.360 e. The second-order valence-corrected chi connectivity index (χ2v) is 6.41. The van der Waals surface area contributed by atoms with Crippen LogP contribution >= 0.6 is 0 Å². The van der Waals surface area contributed by atoms with Crippen LogP contribution < -0.4 is 4.74 Å². The molecule has 1 heterocycles. The van der Waals surface area contributed by atoms with Crippen molar-refractivity contribution in [3.63, 3.8) is 0 Å². The molecule has 0 fully saturated rings. The van der Waals surface area contributed by atoms with Crippen LogP contribution in [0.4, 0.5) is 0 Å². The van der Waals surface area contributed by atoms with Gasteiger partial charge in [0.1, 0.15) is 12.0 Å². The summed E-state index contributed by atoms with van der Waals surface area (Å²) in [5, 5.41) is 0. The van der Waals surface area contributed by atoms with Crippen LogP contribution in [0.2, 0.25) is 0 Å². The molecule has 0 saturated heterocycles. The molecule has 0 N–H and O–H groups in total. The van der Waals surface area contributed by atoms with Gasteiger partial charge in [0.25, 0.3) is 5.91 Å². The van der Waals surface area contributed by atoms with E-state index in [9.17, 15) is 9.59 Å². The minimum absolute atomic E-state index is 0.0725. The van der Waals surface area contributed by atoms with Crippen LogP contribution in [0.5, 0.6) is 5.75 Å². The van der Waals surface area contributed by atoms with Crippen LogP contribution in [0, 0.1) is 0 Å². The Morgan fingerprint density at radius 3 is 2.32 bits per heavy atom. The molecule has 25 heavy (non-hydrogen) atoms. The number of hydrogen-bond acceptors (Lipinski definition) is 6. The lowest BCUT2D eigenvalue weighted by atomic mass is 10.0. The van der Waals surface area contributed by atoms with Crippen LogP contribution in [-0.2, 0) is 11.3 Å². The third-order valence-electron chi connectivity index (χ3n) is 3.63. The summed E-state index contributed by atoms with van der Waals surface area (Å²) in [5.41, 5.74) is 0.121. The number of benzene rings is 1. The van der Waals surface area contributed by atoms with E-state index in [1.165, 1.54) is 13.4 Å². The fourth-order valence-electron chi connectivity index (χ4n) is 2.22. The number of hydrogen-bond donors (Lipinski definition) is 0. The molecule has 0 bridgehead atoms. The largest absolute Gasteiger partial charge is 0.497 e. The standard InChI is InChI=1S/C18H22N2O5/c1-18(2,3)20(10-15-19-14(11-25-15)17(22)24-5)16(21)12-6-8-13(23-4)9-7-12/h6-9,11H,10H2,1-5H3. The SMILES string of the molecule is COC(=O)c1coc(CN(C(=O)c2ccc(OC)cc2)C(C)(C)C)n1. The molecule has 1 aromatic carbocycles. The zero-order chi connectivity index (χ0) is 18.6. The lowest BCUT2D eigenvalue weighted by Gasteiger charge is -2.34. The molecule has 7 nitrogen and oxygen atoms in total. The number of rotatable bonds is 5. The van der Waals surface area contributed by atoms with Gasteiger partial charge >= 0.3 is 5.97 Å². The molecule has 0 aliphatic heterocycles. The molecule has 1 aromatic heterocycles. The minimum atomic E-state index is -0.584. The number of methoxy groups -OCH3 is 2. The predicted octanol–water partition coefficient (Wildman–Crippen LogP) is 2.91. The van der Waals surface area contributed by atoms with E-state index < -0.39 is 11.5 Å². The van der Waals surface area contributed by atoms with Crippen molar-refractivity contribution in [1.29, 1.82) is 0 Å². The van der Waals surface area contributed by atoms with E-state index in [4.69, 9.17) is 9.15 Å². The van der Waals surface area contributed by atoms with Gasteiger partial charge in [-0.05, 0) is 45.0 Å². The number of nitrogens with zero attached hydrogens (tertiary/aromatic N) is 2. The lowest BCUT2D eigenvalue weighted by molar-refractivity contribution is 0.0532. The highest BCUT2D eigenvalue weighted by molar-refractivity contribution is 5.94. The number of esters is 1. The number of amides is 1. The molecule has 0 saturated carbocycles. The fraction of sp³-hybridized carbons (Fsp3) is 0.389. The first-order chi connectivity index (χ1) is 11.8. The molecular weight excluding hydrogens is 324 g/mol. The predicted molar refractivity (Wildman–Crippen MR) is 90.5 cm³/mol. The van der Waals surface area contributed by atoms with Crippen LogP contribution in [0.25, 0.3) is 0 Å². The van der Waals surface area contributed by atoms with E-state index in [0.29, 0.717) is 11.3 Å². The van der Waals surface area contributed by atoms with Crippen molar-refractivity contribution in [3.8, 4) is 5.75 Å². The fourth-order valence-corrected chi connectivity index (χ4v) is 2.22. The highest BCUT2D eigenvalue weighted by Gasteiger charge is 2.29. The van der Waals surface area contributed by atoms with Gasteiger partial charge < -0.3 is 18.8 Å². The van der Waals surface area contributed by atoms with E-state index in [0.717, 1.165) is 0 Å². The maximum atomic E-state index is 12.9. The number of oxazole rings is 1. The summed E-state index contributed by atoms with van der Waals surface area (Å²) in [4.78, 5) is 30.1. The number of aromatic nitrogens is 1. The first-order valence-electron chi connectivity index (χ1n) is 7.75. The number of carbonyl (C=O) groups excluding carboxylic acids is 2. The van der Waals surface area contributed by atoms with Gasteiger partial charge in [0.2, 0.25) is 5.89 Å². The summed E-state index contributed by atoms with van der Waals surface area (Å²) in [6, 6.07) is 6.87. The van der Waals surface area contributed by atoms with Gasteiger partial charge in [-0.1, -0.05) is 0 Å². The van der Waals surface area contributed by atoms with Crippen LogP contribution in [0.15, 0.2) is 34.9 Å². The van der Waals surface area contributed by atoms with Crippen molar-refractivity contribution in [2.24, 2.45) is 0 Å². The molecule has 134 valence electrons. The zero-order valence-electron chi connectivity index (χ0n) is 15.0. The van der Waals surface area contributed by atoms with E-state index in [-0.39, 0.29) is 24.0 Å².